The Kier molecular flexibility index (Phi) is 6.06. The molecule has 24 heavy (non-hydrogen) atoms. The zero-order valence-electron chi connectivity index (χ0n) is 13.1. The van der Waals surface area contributed by atoms with Gasteiger partial charge in [0.1, 0.15) is 5.75 Å². The number of nitrogens with zero attached hydrogens (tertiary/aromatic N) is 1. The number of rotatable bonds is 5. The van der Waals surface area contributed by atoms with Gasteiger partial charge in [0.15, 0.2) is 11.5 Å². The summed E-state index contributed by atoms with van der Waals surface area (Å²) in [6, 6.07) is 2.95. The van der Waals surface area contributed by atoms with E-state index in [9.17, 15) is 13.6 Å². The van der Waals surface area contributed by atoms with Crippen molar-refractivity contribution in [2.75, 3.05) is 26.9 Å². The number of hydrogen-bond donors (Lipinski definition) is 1. The summed E-state index contributed by atoms with van der Waals surface area (Å²) in [6.45, 7) is -1.29. The minimum absolute atomic E-state index is 0. The van der Waals surface area contributed by atoms with Crippen molar-refractivity contribution in [2.24, 2.45) is 5.92 Å². The zero-order chi connectivity index (χ0) is 16.4. The summed E-state index contributed by atoms with van der Waals surface area (Å²) >= 11 is 0. The molecule has 1 aromatic rings. The van der Waals surface area contributed by atoms with Gasteiger partial charge in [-0.05, 0) is 19.0 Å². The molecule has 2 heterocycles. The molecule has 2 aliphatic heterocycles. The van der Waals surface area contributed by atoms with Crippen LogP contribution in [0.5, 0.6) is 17.2 Å². The third-order valence-corrected chi connectivity index (χ3v) is 3.97. The normalized spacial score (nSPS) is 18.4. The molecule has 3 rings (SSSR count). The molecule has 2 aliphatic rings. The van der Waals surface area contributed by atoms with Crippen molar-refractivity contribution in [1.82, 2.24) is 10.2 Å². The fourth-order valence-electron chi connectivity index (χ4n) is 2.81. The average molecular weight is 365 g/mol. The van der Waals surface area contributed by atoms with Crippen LogP contribution < -0.4 is 19.5 Å². The van der Waals surface area contributed by atoms with Gasteiger partial charge >= 0.3 is 6.61 Å². The Hall–Kier alpha value is -1.80. The maximum absolute atomic E-state index is 12.6. The van der Waals surface area contributed by atoms with Crippen LogP contribution in [-0.2, 0) is 11.3 Å². The van der Waals surface area contributed by atoms with Gasteiger partial charge < -0.3 is 24.4 Å². The molecule has 0 aliphatic carbocycles. The van der Waals surface area contributed by atoms with E-state index < -0.39 is 6.61 Å². The Morgan fingerprint density at radius 3 is 2.75 bits per heavy atom. The average Bonchev–Trinajstić information content (AvgIpc) is 3.16. The zero-order valence-corrected chi connectivity index (χ0v) is 13.9. The Bertz CT molecular complexity index is 597. The van der Waals surface area contributed by atoms with Crippen molar-refractivity contribution in [3.8, 4) is 17.2 Å². The van der Waals surface area contributed by atoms with Gasteiger partial charge in [-0.15, -0.1) is 12.4 Å². The summed E-state index contributed by atoms with van der Waals surface area (Å²) in [5.41, 5.74) is 0.455. The van der Waals surface area contributed by atoms with Gasteiger partial charge in [-0.25, -0.2) is 0 Å². The Labute approximate surface area is 144 Å². The largest absolute Gasteiger partial charge is 0.454 e. The first-order valence-corrected chi connectivity index (χ1v) is 7.37. The first kappa shape index (κ1) is 18.5. The number of benzene rings is 1. The highest BCUT2D eigenvalue weighted by atomic mass is 35.5. The van der Waals surface area contributed by atoms with Crippen LogP contribution in [0, 0.1) is 5.92 Å². The van der Waals surface area contributed by atoms with Crippen molar-refractivity contribution in [3.05, 3.63) is 17.7 Å². The number of amides is 1. The summed E-state index contributed by atoms with van der Waals surface area (Å²) in [5, 5.41) is 3.14. The molecule has 6 nitrogen and oxygen atoms in total. The second-order valence-electron chi connectivity index (χ2n) is 5.58. The van der Waals surface area contributed by atoms with E-state index in [0.717, 1.165) is 13.0 Å². The smallest absolute Gasteiger partial charge is 0.387 e. The van der Waals surface area contributed by atoms with Crippen molar-refractivity contribution >= 4 is 18.3 Å². The van der Waals surface area contributed by atoms with E-state index >= 15 is 0 Å². The van der Waals surface area contributed by atoms with Gasteiger partial charge in [0.25, 0.3) is 0 Å². The van der Waals surface area contributed by atoms with E-state index in [1.165, 1.54) is 11.0 Å². The minimum Gasteiger partial charge on any atom is -0.454 e. The second-order valence-corrected chi connectivity index (χ2v) is 5.58. The first-order valence-electron chi connectivity index (χ1n) is 7.37. The van der Waals surface area contributed by atoms with Crippen molar-refractivity contribution in [1.29, 1.82) is 0 Å². The number of alkyl halides is 2. The van der Waals surface area contributed by atoms with Crippen LogP contribution in [-0.4, -0.2) is 44.3 Å². The summed E-state index contributed by atoms with van der Waals surface area (Å²) in [4.78, 5) is 13.9. The van der Waals surface area contributed by atoms with Crippen molar-refractivity contribution in [3.63, 3.8) is 0 Å². The van der Waals surface area contributed by atoms with E-state index in [1.54, 1.807) is 13.1 Å². The first-order chi connectivity index (χ1) is 11.0. The van der Waals surface area contributed by atoms with Crippen LogP contribution in [0.25, 0.3) is 0 Å². The summed E-state index contributed by atoms with van der Waals surface area (Å²) < 4.78 is 40.2. The summed E-state index contributed by atoms with van der Waals surface area (Å²) in [5.74, 6) is 0.723. The van der Waals surface area contributed by atoms with Crippen LogP contribution in [0.3, 0.4) is 0 Å². The predicted molar refractivity (Wildman–Crippen MR) is 83.9 cm³/mol. The lowest BCUT2D eigenvalue weighted by Gasteiger charge is -2.22. The van der Waals surface area contributed by atoms with Gasteiger partial charge in [-0.2, -0.15) is 8.78 Å². The van der Waals surface area contributed by atoms with E-state index in [-0.39, 0.29) is 43.3 Å². The van der Waals surface area contributed by atoms with Gasteiger partial charge in [-0.3, -0.25) is 4.79 Å². The van der Waals surface area contributed by atoms with Crippen molar-refractivity contribution in [2.45, 2.75) is 19.6 Å². The molecule has 0 spiro atoms. The van der Waals surface area contributed by atoms with Gasteiger partial charge in [-0.1, -0.05) is 0 Å². The molecular weight excluding hydrogens is 346 g/mol. The fraction of sp³-hybridized carbons (Fsp3) is 0.533. The molecule has 0 aromatic heterocycles. The summed E-state index contributed by atoms with van der Waals surface area (Å²) in [7, 11) is 1.65. The number of nitrogens with one attached hydrogen (secondary N) is 1. The molecule has 9 heteroatoms. The molecule has 1 aromatic carbocycles. The number of halogens is 3. The number of ether oxygens (including phenoxy) is 3. The third kappa shape index (κ3) is 3.99. The molecule has 0 bridgehead atoms. The highest BCUT2D eigenvalue weighted by Crippen LogP contribution is 2.39. The fourth-order valence-corrected chi connectivity index (χ4v) is 2.81. The number of hydrogen-bond acceptors (Lipinski definition) is 5. The van der Waals surface area contributed by atoms with Gasteiger partial charge in [0, 0.05) is 31.8 Å². The number of fused-ring (bicyclic) bond motifs is 1. The third-order valence-electron chi connectivity index (χ3n) is 3.97. The van der Waals surface area contributed by atoms with Crippen LogP contribution >= 0.6 is 12.4 Å². The molecular formula is C15H19ClF2N2O4. The van der Waals surface area contributed by atoms with Crippen molar-refractivity contribution < 1.29 is 27.8 Å². The van der Waals surface area contributed by atoms with E-state index in [1.807, 2.05) is 0 Å². The van der Waals surface area contributed by atoms with Gasteiger partial charge in [0.2, 0.25) is 12.7 Å². The lowest BCUT2D eigenvalue weighted by atomic mass is 10.1. The highest BCUT2D eigenvalue weighted by Gasteiger charge is 2.27. The minimum atomic E-state index is -2.95. The maximum Gasteiger partial charge on any atom is 0.387 e. The lowest BCUT2D eigenvalue weighted by molar-refractivity contribution is -0.134. The molecule has 0 radical (unpaired) electrons. The van der Waals surface area contributed by atoms with E-state index in [2.05, 4.69) is 10.1 Å². The topological polar surface area (TPSA) is 60.0 Å². The monoisotopic (exact) mass is 364 g/mol. The molecule has 1 saturated heterocycles. The van der Waals surface area contributed by atoms with Crippen LogP contribution in [0.2, 0.25) is 0 Å². The lowest BCUT2D eigenvalue weighted by Crippen LogP contribution is -2.33. The number of carbonyl (C=O) groups excluding carboxylic acids is 1. The number of carbonyl (C=O) groups is 1. The Morgan fingerprint density at radius 2 is 2.12 bits per heavy atom. The van der Waals surface area contributed by atoms with E-state index in [4.69, 9.17) is 9.47 Å². The van der Waals surface area contributed by atoms with Crippen LogP contribution in [0.1, 0.15) is 12.0 Å². The Balaban J connectivity index is 0.00000208. The molecule has 134 valence electrons. The molecule has 1 atom stereocenters. The Morgan fingerprint density at radius 1 is 1.42 bits per heavy atom. The molecule has 0 saturated carbocycles. The standard InChI is InChI=1S/C15H18F2N2O4.ClH/c1-19(14(20)9-2-3-18-6-9)7-10-4-12-13(22-8-21-12)5-11(10)23-15(16)17;/h4-5,9,15,18H,2-3,6-8H2,1H3;1H. The quantitative estimate of drug-likeness (QED) is 0.866. The van der Waals surface area contributed by atoms with E-state index in [0.29, 0.717) is 23.6 Å². The predicted octanol–water partition coefficient (Wildman–Crippen LogP) is 2.01. The van der Waals surface area contributed by atoms with Crippen LogP contribution in [0.15, 0.2) is 12.1 Å². The maximum atomic E-state index is 12.6. The van der Waals surface area contributed by atoms with Crippen LogP contribution in [0.4, 0.5) is 8.78 Å². The molecule has 1 fully saturated rings. The highest BCUT2D eigenvalue weighted by molar-refractivity contribution is 5.85. The summed E-state index contributed by atoms with van der Waals surface area (Å²) in [6.07, 6.45) is 0.782. The second kappa shape index (κ2) is 7.85. The molecule has 1 N–H and O–H groups in total. The molecule has 1 unspecified atom stereocenters. The van der Waals surface area contributed by atoms with Gasteiger partial charge in [0.05, 0.1) is 5.92 Å². The SMILES string of the molecule is CN(Cc1cc2c(cc1OC(F)F)OCO2)C(=O)C1CCNC1.Cl. The molecule has 1 amide bonds.